The molecule has 0 aromatic heterocycles. The van der Waals surface area contributed by atoms with E-state index in [0.29, 0.717) is 36.4 Å². The topological polar surface area (TPSA) is 48.0 Å². The van der Waals surface area contributed by atoms with Gasteiger partial charge < -0.3 is 13.9 Å². The van der Waals surface area contributed by atoms with Crippen LogP contribution in [0.5, 0.6) is 0 Å². The molecule has 0 saturated carbocycles. The number of carbonyl (C=O) groups excluding carboxylic acids is 1. The van der Waals surface area contributed by atoms with Crippen LogP contribution in [-0.4, -0.2) is 50.4 Å². The molecule has 1 aliphatic rings. The maximum Gasteiger partial charge on any atom is 0.412 e. The second kappa shape index (κ2) is 8.61. The third kappa shape index (κ3) is 4.81. The van der Waals surface area contributed by atoms with Crippen LogP contribution in [0.15, 0.2) is 0 Å². The van der Waals surface area contributed by atoms with E-state index in [0.717, 1.165) is 6.42 Å². The molecule has 0 aromatic rings. The zero-order valence-corrected chi connectivity index (χ0v) is 19.6. The Morgan fingerprint density at radius 2 is 1.50 bits per heavy atom. The van der Waals surface area contributed by atoms with Gasteiger partial charge in [-0.05, 0) is 44.3 Å². The molecule has 0 spiro atoms. The minimum Gasteiger partial charge on any atom is -0.449 e. The van der Waals surface area contributed by atoms with Crippen LogP contribution in [0.3, 0.4) is 0 Å². The lowest BCUT2D eigenvalue weighted by Gasteiger charge is -2.42. The second-order valence-corrected chi connectivity index (χ2v) is 15.0. The number of hydrogen-bond acceptors (Lipinski definition) is 4. The first kappa shape index (κ1) is 23.4. The van der Waals surface area contributed by atoms with E-state index in [2.05, 4.69) is 41.5 Å². The van der Waals surface area contributed by atoms with Crippen LogP contribution in [-0.2, 0) is 13.9 Å². The van der Waals surface area contributed by atoms with Gasteiger partial charge in [0.15, 0.2) is 8.32 Å². The van der Waals surface area contributed by atoms with Crippen LogP contribution in [0.25, 0.3) is 0 Å². The Hall–Kier alpha value is -0.593. The summed E-state index contributed by atoms with van der Waals surface area (Å²) in [6.07, 6.45) is 0.417. The lowest BCUT2D eigenvalue weighted by atomic mass is 10.0. The standard InChI is InChI=1S/C20H41NO4Si/c1-15(2)26(16(3)4,17(5)6)25-13-11-12-23-18(22)21-19(7,8)14-24-20(21,9)10/h15-17H,11-14H2,1-10H3. The minimum atomic E-state index is -1.85. The molecule has 0 bridgehead atoms. The molecule has 26 heavy (non-hydrogen) atoms. The molecule has 0 unspecified atom stereocenters. The Morgan fingerprint density at radius 3 is 1.88 bits per heavy atom. The van der Waals surface area contributed by atoms with Gasteiger partial charge in [0.2, 0.25) is 0 Å². The molecule has 0 N–H and O–H groups in total. The predicted octanol–water partition coefficient (Wildman–Crippen LogP) is 5.55. The molecule has 0 aliphatic carbocycles. The van der Waals surface area contributed by atoms with Gasteiger partial charge in [0, 0.05) is 13.0 Å². The van der Waals surface area contributed by atoms with Gasteiger partial charge in [-0.15, -0.1) is 0 Å². The molecular weight excluding hydrogens is 346 g/mol. The fraction of sp³-hybridized carbons (Fsp3) is 0.950. The van der Waals surface area contributed by atoms with Crippen LogP contribution >= 0.6 is 0 Å². The van der Waals surface area contributed by atoms with Crippen LogP contribution < -0.4 is 0 Å². The van der Waals surface area contributed by atoms with Gasteiger partial charge in [-0.25, -0.2) is 4.79 Å². The van der Waals surface area contributed by atoms with Gasteiger partial charge in [0.1, 0.15) is 5.72 Å². The minimum absolute atomic E-state index is 0.308. The molecule has 1 aliphatic heterocycles. The normalized spacial score (nSPS) is 19.7. The van der Waals surface area contributed by atoms with Crippen LogP contribution in [0, 0.1) is 0 Å². The molecule has 0 radical (unpaired) electrons. The molecule has 1 heterocycles. The third-order valence-corrected chi connectivity index (χ3v) is 11.8. The lowest BCUT2D eigenvalue weighted by molar-refractivity contribution is -0.0521. The van der Waals surface area contributed by atoms with E-state index in [9.17, 15) is 4.79 Å². The zero-order valence-electron chi connectivity index (χ0n) is 18.6. The molecule has 0 atom stereocenters. The number of carbonyl (C=O) groups is 1. The first-order valence-corrected chi connectivity index (χ1v) is 12.2. The highest BCUT2D eigenvalue weighted by Crippen LogP contribution is 2.42. The maximum atomic E-state index is 12.6. The molecule has 1 rings (SSSR count). The quantitative estimate of drug-likeness (QED) is 0.404. The number of rotatable bonds is 8. The first-order chi connectivity index (χ1) is 11.8. The fourth-order valence-corrected chi connectivity index (χ4v) is 10.2. The van der Waals surface area contributed by atoms with Gasteiger partial charge in [-0.2, -0.15) is 0 Å². The highest BCUT2D eigenvalue weighted by atomic mass is 28.4. The summed E-state index contributed by atoms with van der Waals surface area (Å²) in [5.41, 5.74) is 0.702. The largest absolute Gasteiger partial charge is 0.449 e. The third-order valence-electron chi connectivity index (χ3n) is 5.68. The summed E-state index contributed by atoms with van der Waals surface area (Å²) < 4.78 is 17.8. The lowest BCUT2D eigenvalue weighted by Crippen LogP contribution is -2.53. The Labute approximate surface area is 161 Å². The van der Waals surface area contributed by atoms with E-state index in [1.807, 2.05) is 27.7 Å². The fourth-order valence-electron chi connectivity index (χ4n) is 4.71. The number of nitrogens with zero attached hydrogens (tertiary/aromatic N) is 1. The number of hydrogen-bond donors (Lipinski definition) is 0. The van der Waals surface area contributed by atoms with Crippen molar-refractivity contribution in [3.63, 3.8) is 0 Å². The van der Waals surface area contributed by atoms with Crippen LogP contribution in [0.2, 0.25) is 16.6 Å². The molecule has 1 fully saturated rings. The van der Waals surface area contributed by atoms with Gasteiger partial charge in [-0.3, -0.25) is 4.90 Å². The number of ether oxygens (including phenoxy) is 2. The monoisotopic (exact) mass is 387 g/mol. The molecular formula is C20H41NO4Si. The smallest absolute Gasteiger partial charge is 0.412 e. The summed E-state index contributed by atoms with van der Waals surface area (Å²) in [5.74, 6) is 0. The molecule has 1 amide bonds. The van der Waals surface area contributed by atoms with E-state index in [1.165, 1.54) is 0 Å². The first-order valence-electron chi connectivity index (χ1n) is 10.0. The van der Waals surface area contributed by atoms with E-state index < -0.39 is 14.0 Å². The van der Waals surface area contributed by atoms with E-state index in [-0.39, 0.29) is 11.6 Å². The van der Waals surface area contributed by atoms with Crippen molar-refractivity contribution in [2.45, 2.75) is 104 Å². The number of amides is 1. The summed E-state index contributed by atoms with van der Waals surface area (Å²) in [6.45, 7) is 23.0. The average molecular weight is 388 g/mol. The SMILES string of the molecule is CC(C)[Si](OCCCOC(=O)N1C(C)(C)COC1(C)C)(C(C)C)C(C)C. The van der Waals surface area contributed by atoms with Crippen molar-refractivity contribution in [2.24, 2.45) is 0 Å². The Kier molecular flexibility index (Phi) is 7.77. The van der Waals surface area contributed by atoms with Crippen molar-refractivity contribution in [3.8, 4) is 0 Å². The van der Waals surface area contributed by atoms with Crippen molar-refractivity contribution in [2.75, 3.05) is 19.8 Å². The molecule has 1 saturated heterocycles. The highest BCUT2D eigenvalue weighted by molar-refractivity contribution is 6.77. The van der Waals surface area contributed by atoms with Gasteiger partial charge in [0.05, 0.1) is 18.8 Å². The van der Waals surface area contributed by atoms with Crippen molar-refractivity contribution >= 4 is 14.4 Å². The van der Waals surface area contributed by atoms with Crippen molar-refractivity contribution in [1.29, 1.82) is 0 Å². The summed E-state index contributed by atoms with van der Waals surface area (Å²) in [6, 6.07) is 0. The Balaban J connectivity index is 2.55. The highest BCUT2D eigenvalue weighted by Gasteiger charge is 2.49. The summed E-state index contributed by atoms with van der Waals surface area (Å²) in [5, 5.41) is 0. The van der Waals surface area contributed by atoms with Gasteiger partial charge in [-0.1, -0.05) is 41.5 Å². The molecule has 5 nitrogen and oxygen atoms in total. The van der Waals surface area contributed by atoms with E-state index in [1.54, 1.807) is 4.90 Å². The predicted molar refractivity (Wildman–Crippen MR) is 109 cm³/mol. The van der Waals surface area contributed by atoms with Crippen molar-refractivity contribution in [3.05, 3.63) is 0 Å². The summed E-state index contributed by atoms with van der Waals surface area (Å²) >= 11 is 0. The Bertz CT molecular complexity index is 437. The van der Waals surface area contributed by atoms with Crippen molar-refractivity contribution in [1.82, 2.24) is 4.90 Å². The summed E-state index contributed by atoms with van der Waals surface area (Å²) in [7, 11) is -1.85. The van der Waals surface area contributed by atoms with Gasteiger partial charge >= 0.3 is 6.09 Å². The Morgan fingerprint density at radius 1 is 1.00 bits per heavy atom. The van der Waals surface area contributed by atoms with E-state index >= 15 is 0 Å². The average Bonchev–Trinajstić information content (AvgIpc) is 2.69. The molecule has 154 valence electrons. The molecule has 0 aromatic carbocycles. The van der Waals surface area contributed by atoms with Crippen molar-refractivity contribution < 1.29 is 18.7 Å². The van der Waals surface area contributed by atoms with Crippen LogP contribution in [0.4, 0.5) is 4.79 Å². The second-order valence-electron chi connectivity index (χ2n) is 9.52. The van der Waals surface area contributed by atoms with E-state index in [4.69, 9.17) is 13.9 Å². The van der Waals surface area contributed by atoms with Crippen LogP contribution in [0.1, 0.15) is 75.7 Å². The van der Waals surface area contributed by atoms with Gasteiger partial charge in [0.25, 0.3) is 0 Å². The maximum absolute atomic E-state index is 12.6. The molecule has 6 heteroatoms. The zero-order chi connectivity index (χ0) is 20.3. The summed E-state index contributed by atoms with van der Waals surface area (Å²) in [4.78, 5) is 14.3.